The molecule has 0 N–H and O–H groups in total. The molecule has 14 heavy (non-hydrogen) atoms. The lowest BCUT2D eigenvalue weighted by Crippen LogP contribution is -1.93. The van der Waals surface area contributed by atoms with Gasteiger partial charge in [-0.2, -0.15) is 0 Å². The summed E-state index contributed by atoms with van der Waals surface area (Å²) >= 11 is -2.13. The third-order valence-electron chi connectivity index (χ3n) is 2.09. The Morgan fingerprint density at radius 1 is 1.50 bits per heavy atom. The van der Waals surface area contributed by atoms with Crippen LogP contribution in [0.15, 0.2) is 35.2 Å². The minimum atomic E-state index is -2.13. The molecule has 0 radical (unpaired) electrons. The maximum Gasteiger partial charge on any atom is 0.0251 e. The minimum absolute atomic E-state index is 0.357. The van der Waals surface area contributed by atoms with Crippen LogP contribution in [0.3, 0.4) is 0 Å². The van der Waals surface area contributed by atoms with Crippen molar-refractivity contribution >= 4 is 11.1 Å². The predicted molar refractivity (Wildman–Crippen MR) is 56.9 cm³/mol. The van der Waals surface area contributed by atoms with Crippen LogP contribution >= 0.6 is 0 Å². The van der Waals surface area contributed by atoms with Gasteiger partial charge in [0.05, 0.1) is 0 Å². The lowest BCUT2D eigenvalue weighted by Gasteiger charge is -2.09. The van der Waals surface area contributed by atoms with Crippen molar-refractivity contribution in [1.29, 1.82) is 0 Å². The summed E-state index contributed by atoms with van der Waals surface area (Å²) < 4.78 is 21.4. The van der Waals surface area contributed by atoms with Gasteiger partial charge in [0.1, 0.15) is 0 Å². The quantitative estimate of drug-likeness (QED) is 0.566. The van der Waals surface area contributed by atoms with Crippen molar-refractivity contribution in [3.63, 3.8) is 0 Å². The van der Waals surface area contributed by atoms with E-state index >= 15 is 0 Å². The first-order valence-corrected chi connectivity index (χ1v) is 5.52. The highest BCUT2D eigenvalue weighted by Crippen LogP contribution is 2.14. The van der Waals surface area contributed by atoms with Gasteiger partial charge in [-0.05, 0) is 54.6 Å². The highest BCUT2D eigenvalue weighted by atomic mass is 32.2. The molecule has 76 valence electrons. The van der Waals surface area contributed by atoms with E-state index in [1.165, 1.54) is 0 Å². The molecule has 0 bridgehead atoms. The van der Waals surface area contributed by atoms with E-state index < -0.39 is 11.1 Å². The van der Waals surface area contributed by atoms with Gasteiger partial charge in [-0.25, -0.2) is 0 Å². The first-order valence-electron chi connectivity index (χ1n) is 4.45. The fraction of sp³-hybridized carbons (Fsp3) is 0.273. The summed E-state index contributed by atoms with van der Waals surface area (Å²) in [5, 5.41) is 0. The molecular weight excluding hydrogens is 196 g/mol. The van der Waals surface area contributed by atoms with E-state index in [0.29, 0.717) is 4.90 Å². The van der Waals surface area contributed by atoms with Gasteiger partial charge >= 0.3 is 0 Å². The molecule has 1 aromatic rings. The van der Waals surface area contributed by atoms with Crippen LogP contribution in [-0.4, -0.2) is 8.76 Å². The second-order valence-corrected chi connectivity index (χ2v) is 4.04. The maximum atomic E-state index is 10.7. The number of benzene rings is 1. The van der Waals surface area contributed by atoms with Crippen molar-refractivity contribution in [1.82, 2.24) is 0 Å². The summed E-state index contributed by atoms with van der Waals surface area (Å²) in [7, 11) is 0. The zero-order valence-electron chi connectivity index (χ0n) is 8.32. The molecule has 2 nitrogen and oxygen atoms in total. The molecule has 0 aromatic heterocycles. The molecule has 0 saturated heterocycles. The Morgan fingerprint density at radius 2 is 2.21 bits per heavy atom. The second-order valence-electron chi connectivity index (χ2n) is 3.10. The summed E-state index contributed by atoms with van der Waals surface area (Å²) in [6.07, 6.45) is 4.76. The Bertz CT molecular complexity index is 370. The average molecular weight is 209 g/mol. The summed E-state index contributed by atoms with van der Waals surface area (Å²) in [5.41, 5.74) is 2.18. The van der Waals surface area contributed by atoms with E-state index in [1.807, 2.05) is 32.1 Å². The fourth-order valence-corrected chi connectivity index (χ4v) is 1.63. The molecule has 0 fully saturated rings. The first kappa shape index (κ1) is 11.1. The van der Waals surface area contributed by atoms with Crippen molar-refractivity contribution in [3.05, 3.63) is 41.5 Å². The highest BCUT2D eigenvalue weighted by molar-refractivity contribution is 7.79. The van der Waals surface area contributed by atoms with Crippen molar-refractivity contribution < 1.29 is 8.76 Å². The molecule has 0 aliphatic heterocycles. The first-order chi connectivity index (χ1) is 6.65. The van der Waals surface area contributed by atoms with Gasteiger partial charge in [-0.15, -0.1) is 0 Å². The molecule has 1 aromatic carbocycles. The van der Waals surface area contributed by atoms with Gasteiger partial charge in [0.25, 0.3) is 0 Å². The van der Waals surface area contributed by atoms with Crippen molar-refractivity contribution in [2.45, 2.75) is 25.2 Å². The Balaban J connectivity index is 3.01. The Hall–Kier alpha value is -0.930. The highest BCUT2D eigenvalue weighted by Gasteiger charge is 1.98. The van der Waals surface area contributed by atoms with Crippen LogP contribution in [0.4, 0.5) is 0 Å². The van der Waals surface area contributed by atoms with Crippen LogP contribution in [0.1, 0.15) is 18.1 Å². The molecule has 0 amide bonds. The Morgan fingerprint density at radius 3 is 2.79 bits per heavy atom. The number of hydrogen-bond donors (Lipinski definition) is 0. The van der Waals surface area contributed by atoms with Gasteiger partial charge in [0.2, 0.25) is 0 Å². The molecular formula is C11H13O2S-. The van der Waals surface area contributed by atoms with Gasteiger partial charge in [0.15, 0.2) is 0 Å². The largest absolute Gasteiger partial charge is 0.768 e. The van der Waals surface area contributed by atoms with Crippen LogP contribution < -0.4 is 0 Å². The molecule has 1 rings (SSSR count). The fourth-order valence-electron chi connectivity index (χ4n) is 1.22. The van der Waals surface area contributed by atoms with Gasteiger partial charge in [-0.1, -0.05) is 18.2 Å². The smallest absolute Gasteiger partial charge is 0.0251 e. The van der Waals surface area contributed by atoms with Crippen LogP contribution in [0.25, 0.3) is 0 Å². The van der Waals surface area contributed by atoms with Gasteiger partial charge in [-0.3, -0.25) is 4.21 Å². The molecule has 0 aliphatic rings. The number of allylic oxidation sites excluding steroid dienone is 2. The van der Waals surface area contributed by atoms with Crippen molar-refractivity contribution in [2.75, 3.05) is 0 Å². The third-order valence-corrected chi connectivity index (χ3v) is 2.73. The predicted octanol–water partition coefficient (Wildman–Crippen LogP) is 2.35. The third kappa shape index (κ3) is 2.79. The summed E-state index contributed by atoms with van der Waals surface area (Å²) in [6, 6.07) is 5.18. The molecule has 0 heterocycles. The minimum Gasteiger partial charge on any atom is -0.768 e. The van der Waals surface area contributed by atoms with Crippen LogP contribution in [0.2, 0.25) is 0 Å². The van der Waals surface area contributed by atoms with E-state index in [9.17, 15) is 8.76 Å². The summed E-state index contributed by atoms with van der Waals surface area (Å²) in [5.74, 6) is 0. The molecule has 0 spiro atoms. The molecule has 1 unspecified atom stereocenters. The summed E-state index contributed by atoms with van der Waals surface area (Å²) in [4.78, 5) is 0.357. The Kier molecular flexibility index (Phi) is 4.04. The lowest BCUT2D eigenvalue weighted by molar-refractivity contribution is 0.537. The van der Waals surface area contributed by atoms with Crippen LogP contribution in [0.5, 0.6) is 0 Å². The van der Waals surface area contributed by atoms with E-state index in [4.69, 9.17) is 0 Å². The SMILES string of the molecule is CC=CCc1cc(S(=O)[O-])ccc1C. The topological polar surface area (TPSA) is 40.1 Å². The van der Waals surface area contributed by atoms with Gasteiger partial charge < -0.3 is 4.55 Å². The van der Waals surface area contributed by atoms with E-state index in [2.05, 4.69) is 0 Å². The maximum absolute atomic E-state index is 10.7. The normalized spacial score (nSPS) is 13.4. The molecule has 1 atom stereocenters. The second kappa shape index (κ2) is 5.08. The van der Waals surface area contributed by atoms with Crippen LogP contribution in [-0.2, 0) is 17.5 Å². The monoisotopic (exact) mass is 209 g/mol. The average Bonchev–Trinajstić information content (AvgIpc) is 2.16. The van der Waals surface area contributed by atoms with Crippen LogP contribution in [0, 0.1) is 6.92 Å². The number of hydrogen-bond acceptors (Lipinski definition) is 2. The van der Waals surface area contributed by atoms with Gasteiger partial charge in [0, 0.05) is 4.90 Å². The zero-order valence-corrected chi connectivity index (χ0v) is 9.14. The molecule has 0 aliphatic carbocycles. The molecule has 3 heteroatoms. The Labute approximate surface area is 86.9 Å². The van der Waals surface area contributed by atoms with E-state index in [-0.39, 0.29) is 0 Å². The standard InChI is InChI=1S/C11H14O2S/c1-3-4-5-10-8-11(14(12)13)7-6-9(10)2/h3-4,6-8H,5H2,1-2H3,(H,12,13)/p-1. The van der Waals surface area contributed by atoms with Crippen molar-refractivity contribution in [3.8, 4) is 0 Å². The van der Waals surface area contributed by atoms with Crippen molar-refractivity contribution in [2.24, 2.45) is 0 Å². The van der Waals surface area contributed by atoms with E-state index in [1.54, 1.807) is 12.1 Å². The molecule has 0 saturated carbocycles. The lowest BCUT2D eigenvalue weighted by atomic mass is 10.1. The number of rotatable bonds is 3. The van der Waals surface area contributed by atoms with E-state index in [0.717, 1.165) is 17.5 Å². The summed E-state index contributed by atoms with van der Waals surface area (Å²) in [6.45, 7) is 3.93. The number of aryl methyl sites for hydroxylation is 1. The zero-order chi connectivity index (χ0) is 10.6.